The Morgan fingerprint density at radius 2 is 1.68 bits per heavy atom. The summed E-state index contributed by atoms with van der Waals surface area (Å²) >= 11 is 0. The molecule has 0 aliphatic carbocycles. The van der Waals surface area contributed by atoms with Crippen LogP contribution < -0.4 is 72.9 Å². The van der Waals surface area contributed by atoms with Crippen LogP contribution in [0.3, 0.4) is 0 Å². The summed E-state index contributed by atoms with van der Waals surface area (Å²) in [5.74, 6) is -1.64. The molecule has 2 atom stereocenters. The van der Waals surface area contributed by atoms with Crippen molar-refractivity contribution < 1.29 is 74.5 Å². The number of nitrogens with one attached hydrogen (secondary N) is 1. The van der Waals surface area contributed by atoms with Crippen molar-refractivity contribution in [3.05, 3.63) is 136 Å². The smallest absolute Gasteiger partial charge is 0.388 e. The number of hydrogen-bond acceptors (Lipinski definition) is 9. The number of benzene rings is 2. The van der Waals surface area contributed by atoms with Gasteiger partial charge in [0.15, 0.2) is 0 Å². The molecule has 16 heteroatoms. The van der Waals surface area contributed by atoms with Crippen LogP contribution in [0.2, 0.25) is 0 Å². The number of halogens is 2. The zero-order chi connectivity index (χ0) is 53.2. The minimum atomic E-state index is -0.715. The molecule has 1 aromatic heterocycles. The maximum Gasteiger partial charge on any atom is 1.00 e. The van der Waals surface area contributed by atoms with E-state index in [2.05, 4.69) is 63.6 Å². The fourth-order valence-electron chi connectivity index (χ4n) is 9.18. The van der Waals surface area contributed by atoms with Gasteiger partial charge >= 0.3 is 51.4 Å². The van der Waals surface area contributed by atoms with Gasteiger partial charge in [0.05, 0.1) is 5.70 Å². The Morgan fingerprint density at radius 3 is 2.22 bits per heavy atom. The number of carbonyl (C=O) groups excluding carboxylic acids is 3. The molecule has 392 valence electrons. The molecule has 73 heavy (non-hydrogen) atoms. The number of allylic oxidation sites excluding steroid dienone is 4. The van der Waals surface area contributed by atoms with E-state index in [4.69, 9.17) is 5.73 Å². The predicted molar refractivity (Wildman–Crippen MR) is 292 cm³/mol. The topological polar surface area (TPSA) is 140 Å². The van der Waals surface area contributed by atoms with Crippen LogP contribution in [0.15, 0.2) is 94.4 Å². The van der Waals surface area contributed by atoms with Crippen molar-refractivity contribution in [3.63, 3.8) is 0 Å². The van der Waals surface area contributed by atoms with E-state index in [1.165, 1.54) is 28.3 Å². The molecule has 3 aromatic rings. The number of nitrogens with zero attached hydrogens (tertiary/aromatic N) is 7. The molecular formula is C57H80F2KN9O4. The number of primary amides is 1. The Labute approximate surface area is 476 Å². The first kappa shape index (κ1) is 62.9. The number of nitrogens with two attached hydrogens (primary N) is 1. The number of pyridine rings is 1. The average Bonchev–Trinajstić information content (AvgIpc) is 3.36. The Balaban J connectivity index is 0.00000129. The molecule has 2 unspecified atom stereocenters. The first-order valence-corrected chi connectivity index (χ1v) is 25.3. The summed E-state index contributed by atoms with van der Waals surface area (Å²) in [6.45, 7) is 28.9. The number of aromatic nitrogens is 1. The summed E-state index contributed by atoms with van der Waals surface area (Å²) < 4.78 is 32.9. The summed E-state index contributed by atoms with van der Waals surface area (Å²) in [5.41, 5.74) is 11.4. The molecule has 3 aliphatic rings. The van der Waals surface area contributed by atoms with Gasteiger partial charge in [0, 0.05) is 146 Å². The summed E-state index contributed by atoms with van der Waals surface area (Å²) in [4.78, 5) is 63.3. The third-order valence-corrected chi connectivity index (χ3v) is 13.7. The van der Waals surface area contributed by atoms with Gasteiger partial charge in [-0.15, -0.1) is 0 Å². The van der Waals surface area contributed by atoms with Crippen molar-refractivity contribution in [1.29, 1.82) is 0 Å². The molecule has 13 nitrogen and oxygen atoms in total. The van der Waals surface area contributed by atoms with Crippen LogP contribution in [-0.4, -0.2) is 134 Å². The minimum absolute atomic E-state index is 0. The van der Waals surface area contributed by atoms with Crippen LogP contribution in [0.25, 0.3) is 11.3 Å². The molecule has 0 radical (unpaired) electrons. The van der Waals surface area contributed by atoms with E-state index in [1.54, 1.807) is 56.2 Å². The largest absolute Gasteiger partial charge is 1.00 e. The van der Waals surface area contributed by atoms with Gasteiger partial charge in [0.2, 0.25) is 11.8 Å². The maximum absolute atomic E-state index is 15.7. The number of anilines is 2. The van der Waals surface area contributed by atoms with Gasteiger partial charge < -0.3 is 27.8 Å². The summed E-state index contributed by atoms with van der Waals surface area (Å²) in [5, 5.41) is 2.98. The van der Waals surface area contributed by atoms with Crippen LogP contribution in [0.5, 0.6) is 0 Å². The Bertz CT molecular complexity index is 2530. The molecule has 3 aliphatic heterocycles. The molecule has 0 spiro atoms. The maximum atomic E-state index is 15.7. The van der Waals surface area contributed by atoms with Crippen molar-refractivity contribution in [2.24, 2.45) is 22.6 Å². The van der Waals surface area contributed by atoms with Gasteiger partial charge in [0.25, 0.3) is 11.5 Å². The minimum Gasteiger partial charge on any atom is -0.388 e. The number of amides is 3. The molecular weight excluding hydrogens is 952 g/mol. The van der Waals surface area contributed by atoms with E-state index in [0.717, 1.165) is 62.4 Å². The molecule has 6 rings (SSSR count). The number of likely N-dealkylation sites (tertiary alicyclic amines) is 1. The van der Waals surface area contributed by atoms with Crippen LogP contribution in [0.1, 0.15) is 94.3 Å². The number of piperidine rings is 1. The quantitative estimate of drug-likeness (QED) is 0.0806. The van der Waals surface area contributed by atoms with Crippen LogP contribution in [-0.2, 0) is 16.1 Å². The summed E-state index contributed by atoms with van der Waals surface area (Å²) in [7, 11) is 5.23. The number of aryl methyl sites for hydroxylation is 1. The molecule has 3 N–H and O–H groups in total. The first-order valence-electron chi connectivity index (χ1n) is 25.3. The third kappa shape index (κ3) is 18.2. The summed E-state index contributed by atoms with van der Waals surface area (Å²) in [6, 6.07) is 12.5. The number of aliphatic imine (C=N–C) groups is 1. The average molecular weight is 1030 g/mol. The zero-order valence-corrected chi connectivity index (χ0v) is 48.7. The predicted octanol–water partition coefficient (Wildman–Crippen LogP) is 5.71. The second kappa shape index (κ2) is 30.8. The number of hydrogen-bond donors (Lipinski definition) is 2. The fourth-order valence-corrected chi connectivity index (χ4v) is 9.18. The van der Waals surface area contributed by atoms with Crippen LogP contribution in [0.4, 0.5) is 20.2 Å². The van der Waals surface area contributed by atoms with Crippen molar-refractivity contribution in [2.45, 2.75) is 86.7 Å². The molecule has 3 amide bonds. The van der Waals surface area contributed by atoms with Crippen LogP contribution >= 0.6 is 0 Å². The summed E-state index contributed by atoms with van der Waals surface area (Å²) in [6.07, 6.45) is 11.6. The Kier molecular flexibility index (Phi) is 26.6. The van der Waals surface area contributed by atoms with Gasteiger partial charge in [-0.3, -0.25) is 43.4 Å². The molecule has 2 fully saturated rings. The normalized spacial score (nSPS) is 17.6. The third-order valence-electron chi connectivity index (χ3n) is 13.7. The van der Waals surface area contributed by atoms with E-state index >= 15 is 8.78 Å². The second-order valence-corrected chi connectivity index (χ2v) is 19.0. The monoisotopic (exact) mass is 1030 g/mol. The van der Waals surface area contributed by atoms with E-state index in [9.17, 15) is 19.2 Å². The molecule has 2 saturated heterocycles. The molecule has 0 saturated carbocycles. The zero-order valence-electron chi connectivity index (χ0n) is 45.6. The number of rotatable bonds is 16. The Hall–Kier alpha value is -4.39. The fraction of sp³-hybridized carbons (Fsp3) is 0.474. The van der Waals surface area contributed by atoms with Crippen molar-refractivity contribution in [2.75, 3.05) is 90.3 Å². The van der Waals surface area contributed by atoms with Gasteiger partial charge in [-0.25, -0.2) is 8.78 Å². The van der Waals surface area contributed by atoms with Gasteiger partial charge in [0.1, 0.15) is 11.6 Å². The van der Waals surface area contributed by atoms with Gasteiger partial charge in [-0.05, 0) is 98.6 Å². The molecule has 4 heterocycles. The van der Waals surface area contributed by atoms with E-state index < -0.39 is 11.6 Å². The van der Waals surface area contributed by atoms with Crippen molar-refractivity contribution >= 4 is 46.6 Å². The van der Waals surface area contributed by atoms with Gasteiger partial charge in [-0.2, -0.15) is 6.42 Å². The van der Waals surface area contributed by atoms with Gasteiger partial charge in [-0.1, -0.05) is 57.2 Å². The molecule has 2 aromatic carbocycles. The molecule has 0 bridgehead atoms. The van der Waals surface area contributed by atoms with E-state index in [-0.39, 0.29) is 91.7 Å². The number of carbonyl (C=O) groups is 3. The van der Waals surface area contributed by atoms with Crippen molar-refractivity contribution in [3.8, 4) is 0 Å². The van der Waals surface area contributed by atoms with E-state index in [0.29, 0.717) is 80.1 Å². The Morgan fingerprint density at radius 1 is 1.01 bits per heavy atom. The standard InChI is InChI=1S/C50H64F2N8O3.C5H10NO.C2H6.K/c1-34(25-36(3)46(11-17-53-6)60-22-16-43(54-7)29-48(60)62)30-56-18-14-41(15-19-56)49-44(51)27-42(28-45(49)52)50(63)58-20-12-39(13-21-58)33-59-24-23-57(31-37(59)4)32-40-10-9-35(2)47(26-40)55(8)38(5)61;1-3-4(2)5(6)7;1-2;/h9-11,14,16-17,22,25-29,37,39,54H,3,12-13,15,18-21,23-24,30-33H2,1-2,4-8H3;4H,1,3H2,2H3,(H2,6,7);1-2H3;/q;-1;;+1/b34-25+,46-11+,53-17?;;;. The SMILES string of the molecule is C=C(/C=C(\C)CN1CC=C(c2c(F)cc(C(=O)N3CCC(CN4CCN(Cc5ccc(C)c(N(C)C(C)=O)c5)CC4C)CC3)cc2F)CC1)/C(=C\C=NC)n1ccc(NC)cc1=O.CC.[CH2-]CC(C)C(N)=O.[K+]. The van der Waals surface area contributed by atoms with Crippen molar-refractivity contribution in [1.82, 2.24) is 24.2 Å². The van der Waals surface area contributed by atoms with Crippen LogP contribution in [0, 0.1) is 37.3 Å². The second-order valence-electron chi connectivity index (χ2n) is 19.0. The van der Waals surface area contributed by atoms with E-state index in [1.807, 2.05) is 53.0 Å². The first-order chi connectivity index (χ1) is 34.3. The number of piperazine rings is 1.